The Morgan fingerprint density at radius 3 is 2.31 bits per heavy atom. The van der Waals surface area contributed by atoms with Gasteiger partial charge >= 0.3 is 0 Å². The number of aryl methyl sites for hydroxylation is 1. The summed E-state index contributed by atoms with van der Waals surface area (Å²) in [5.74, 6) is 1.36. The second kappa shape index (κ2) is 10.3. The lowest BCUT2D eigenvalue weighted by atomic mass is 9.95. The van der Waals surface area contributed by atoms with Crippen LogP contribution in [0.4, 0.5) is 11.5 Å². The number of benzene rings is 1. The highest BCUT2D eigenvalue weighted by molar-refractivity contribution is 6.03. The average molecular weight is 530 g/mol. The van der Waals surface area contributed by atoms with E-state index in [-0.39, 0.29) is 29.7 Å². The van der Waals surface area contributed by atoms with E-state index in [0.717, 1.165) is 56.3 Å². The van der Waals surface area contributed by atoms with Crippen molar-refractivity contribution in [2.45, 2.75) is 95.8 Å². The Bertz CT molecular complexity index is 1270. The Hall–Kier alpha value is -3.42. The monoisotopic (exact) mass is 529 g/mol. The van der Waals surface area contributed by atoms with Crippen LogP contribution in [0, 0.1) is 18.8 Å². The molecule has 2 aliphatic heterocycles. The average Bonchev–Trinajstić information content (AvgIpc) is 3.84. The molecule has 3 heterocycles. The fraction of sp³-hybridized carbons (Fsp3) is 0.548. The number of hydrogen-bond donors (Lipinski definition) is 3. The van der Waals surface area contributed by atoms with E-state index in [2.05, 4.69) is 27.4 Å². The fourth-order valence-electron chi connectivity index (χ4n) is 6.73. The lowest BCUT2D eigenvalue weighted by molar-refractivity contribution is 0.0923. The zero-order chi connectivity index (χ0) is 27.3. The van der Waals surface area contributed by atoms with Crippen LogP contribution >= 0.6 is 0 Å². The van der Waals surface area contributed by atoms with Gasteiger partial charge in [-0.3, -0.25) is 14.4 Å². The molecule has 0 radical (unpaired) electrons. The summed E-state index contributed by atoms with van der Waals surface area (Å²) in [6, 6.07) is 8.44. The van der Waals surface area contributed by atoms with E-state index in [1.165, 1.54) is 12.8 Å². The van der Waals surface area contributed by atoms with Gasteiger partial charge in [0, 0.05) is 53.1 Å². The summed E-state index contributed by atoms with van der Waals surface area (Å²) in [4.78, 5) is 45.1. The van der Waals surface area contributed by atoms with Crippen LogP contribution in [0.3, 0.4) is 0 Å². The third-order valence-corrected chi connectivity index (χ3v) is 9.16. The maximum atomic E-state index is 13.5. The molecule has 1 unspecified atom stereocenters. The van der Waals surface area contributed by atoms with Crippen LogP contribution in [0.15, 0.2) is 30.5 Å². The number of anilines is 2. The molecule has 2 aliphatic carbocycles. The van der Waals surface area contributed by atoms with Crippen molar-refractivity contribution in [1.29, 1.82) is 0 Å². The molecule has 2 saturated carbocycles. The number of pyridine rings is 1. The van der Waals surface area contributed by atoms with Crippen LogP contribution < -0.4 is 21.3 Å². The molecule has 1 aromatic carbocycles. The number of amides is 2. The molecule has 4 atom stereocenters. The normalized spacial score (nSPS) is 24.8. The molecule has 8 heteroatoms. The van der Waals surface area contributed by atoms with Gasteiger partial charge in [0.2, 0.25) is 0 Å². The predicted molar refractivity (Wildman–Crippen MR) is 151 cm³/mol. The van der Waals surface area contributed by atoms with E-state index in [9.17, 15) is 14.4 Å². The minimum Gasteiger partial charge on any atom is -0.381 e. The number of nitrogens with two attached hydrogens (primary N) is 1. The molecule has 0 spiro atoms. The number of nitrogens with zero attached hydrogens (tertiary/aromatic N) is 2. The van der Waals surface area contributed by atoms with Crippen molar-refractivity contribution in [3.8, 4) is 0 Å². The smallest absolute Gasteiger partial charge is 0.251 e. The number of hydrogen-bond acceptors (Lipinski definition) is 6. The molecule has 4 aliphatic rings. The van der Waals surface area contributed by atoms with Gasteiger partial charge < -0.3 is 21.3 Å². The minimum absolute atomic E-state index is 0.0726. The van der Waals surface area contributed by atoms with Gasteiger partial charge in [-0.1, -0.05) is 6.92 Å². The largest absolute Gasteiger partial charge is 0.381 e. The molecular weight excluding hydrogens is 490 g/mol. The molecule has 6 rings (SSSR count). The Balaban J connectivity index is 1.14. The van der Waals surface area contributed by atoms with Crippen molar-refractivity contribution in [2.75, 3.05) is 10.2 Å². The van der Waals surface area contributed by atoms with E-state index >= 15 is 0 Å². The van der Waals surface area contributed by atoms with Gasteiger partial charge in [-0.05, 0) is 100 Å². The third-order valence-electron chi connectivity index (χ3n) is 9.16. The van der Waals surface area contributed by atoms with Crippen LogP contribution in [0.2, 0.25) is 0 Å². The highest BCUT2D eigenvalue weighted by Gasteiger charge is 2.42. The van der Waals surface area contributed by atoms with Crippen molar-refractivity contribution >= 4 is 29.1 Å². The second-order valence-electron chi connectivity index (χ2n) is 12.1. The third kappa shape index (κ3) is 5.25. The SMILES string of the molecule is CCC(Nc1cc(C(=O)N[C@H]2C[C@H]3CC[C@@H](C2)N3c2ccc(C(=O)C3CC3)cn2)c(C)cc1C(N)=O)C1CC1. The summed E-state index contributed by atoms with van der Waals surface area (Å²) in [5, 5.41) is 6.82. The highest BCUT2D eigenvalue weighted by atomic mass is 16.2. The molecule has 39 heavy (non-hydrogen) atoms. The topological polar surface area (TPSA) is 117 Å². The van der Waals surface area contributed by atoms with E-state index in [0.29, 0.717) is 40.4 Å². The molecule has 2 saturated heterocycles. The number of Topliss-reactive ketones (excluding diaryl/α,β-unsaturated/α-hetero) is 1. The van der Waals surface area contributed by atoms with Gasteiger partial charge in [0.25, 0.3) is 11.8 Å². The summed E-state index contributed by atoms with van der Waals surface area (Å²) in [6.45, 7) is 4.00. The quantitative estimate of drug-likeness (QED) is 0.387. The molecule has 2 amide bonds. The van der Waals surface area contributed by atoms with Crippen LogP contribution in [0.5, 0.6) is 0 Å². The van der Waals surface area contributed by atoms with Gasteiger partial charge in [-0.15, -0.1) is 0 Å². The lowest BCUT2D eigenvalue weighted by Crippen LogP contribution is -2.50. The van der Waals surface area contributed by atoms with E-state index < -0.39 is 5.91 Å². The maximum absolute atomic E-state index is 13.5. The lowest BCUT2D eigenvalue weighted by Gasteiger charge is -2.40. The molecule has 206 valence electrons. The van der Waals surface area contributed by atoms with Gasteiger partial charge in [-0.2, -0.15) is 0 Å². The number of carbonyl (C=O) groups is 3. The van der Waals surface area contributed by atoms with Crippen LogP contribution in [0.25, 0.3) is 0 Å². The van der Waals surface area contributed by atoms with E-state index in [1.54, 1.807) is 12.3 Å². The first-order valence-corrected chi connectivity index (χ1v) is 14.6. The standard InChI is InChI=1S/C31H39N5O3/c1-3-26(18-4-5-18)35-27-15-24(17(2)12-25(27)30(32)38)31(39)34-21-13-22-9-10-23(14-21)36(22)28-11-8-20(16-33-28)29(37)19-6-7-19/h8,11-12,15-16,18-19,21-23,26,35H,3-7,9-10,13-14H2,1-2H3,(H2,32,38)(H,34,39)/t21-,22+,23-,26?. The summed E-state index contributed by atoms with van der Waals surface area (Å²) < 4.78 is 0. The Morgan fingerprint density at radius 1 is 1.03 bits per heavy atom. The van der Waals surface area contributed by atoms with Crippen molar-refractivity contribution in [3.63, 3.8) is 0 Å². The summed E-state index contributed by atoms with van der Waals surface area (Å²) >= 11 is 0. The van der Waals surface area contributed by atoms with Gasteiger partial charge in [0.05, 0.1) is 5.56 Å². The molecule has 1 aromatic heterocycles. The van der Waals surface area contributed by atoms with Crippen LogP contribution in [-0.4, -0.2) is 46.7 Å². The number of nitrogens with one attached hydrogen (secondary N) is 2. The molecule has 2 bridgehead atoms. The predicted octanol–water partition coefficient (Wildman–Crippen LogP) is 4.61. The molecule has 8 nitrogen and oxygen atoms in total. The van der Waals surface area contributed by atoms with E-state index in [1.807, 2.05) is 25.1 Å². The summed E-state index contributed by atoms with van der Waals surface area (Å²) in [5.41, 5.74) is 8.83. The second-order valence-corrected chi connectivity index (χ2v) is 12.1. The zero-order valence-electron chi connectivity index (χ0n) is 22.9. The Morgan fingerprint density at radius 2 is 1.74 bits per heavy atom. The number of piperidine rings is 1. The first-order valence-electron chi connectivity index (χ1n) is 14.6. The van der Waals surface area contributed by atoms with Gasteiger partial charge in [0.1, 0.15) is 5.82 Å². The first-order chi connectivity index (χ1) is 18.8. The maximum Gasteiger partial charge on any atom is 0.251 e. The number of fused-ring (bicyclic) bond motifs is 2. The molecule has 4 fully saturated rings. The Kier molecular flexibility index (Phi) is 6.81. The number of rotatable bonds is 10. The number of carbonyl (C=O) groups excluding carboxylic acids is 3. The number of ketones is 1. The number of primary amides is 1. The first kappa shape index (κ1) is 25.8. The van der Waals surface area contributed by atoms with Crippen molar-refractivity contribution in [3.05, 3.63) is 52.7 Å². The molecule has 4 N–H and O–H groups in total. The van der Waals surface area contributed by atoms with Crippen molar-refractivity contribution in [2.24, 2.45) is 17.6 Å². The molecular formula is C31H39N5O3. The minimum atomic E-state index is -0.485. The van der Waals surface area contributed by atoms with Crippen molar-refractivity contribution < 1.29 is 14.4 Å². The number of aromatic nitrogens is 1. The highest BCUT2D eigenvalue weighted by Crippen LogP contribution is 2.40. The summed E-state index contributed by atoms with van der Waals surface area (Å²) in [6.07, 6.45) is 10.9. The van der Waals surface area contributed by atoms with Gasteiger partial charge in [0.15, 0.2) is 5.78 Å². The Labute approximate surface area is 230 Å². The van der Waals surface area contributed by atoms with Crippen molar-refractivity contribution in [1.82, 2.24) is 10.3 Å². The van der Waals surface area contributed by atoms with Crippen LogP contribution in [0.1, 0.15) is 101 Å². The van der Waals surface area contributed by atoms with Gasteiger partial charge in [-0.25, -0.2) is 4.98 Å². The zero-order valence-corrected chi connectivity index (χ0v) is 22.9. The molecule has 2 aromatic rings. The van der Waals surface area contributed by atoms with Crippen LogP contribution in [-0.2, 0) is 0 Å². The fourth-order valence-corrected chi connectivity index (χ4v) is 6.73. The van der Waals surface area contributed by atoms with E-state index in [4.69, 9.17) is 5.73 Å². The summed E-state index contributed by atoms with van der Waals surface area (Å²) in [7, 11) is 0.